The van der Waals surface area contributed by atoms with Crippen LogP contribution in [0.25, 0.3) is 0 Å². The molecule has 1 amide bonds. The third kappa shape index (κ3) is 7.11. The van der Waals surface area contributed by atoms with Crippen LogP contribution < -0.4 is 20.9 Å². The fourth-order valence-electron chi connectivity index (χ4n) is 3.79. The third-order valence-electron chi connectivity index (χ3n) is 5.51. The summed E-state index contributed by atoms with van der Waals surface area (Å²) >= 11 is 12.6. The highest BCUT2D eigenvalue weighted by Gasteiger charge is 2.38. The zero-order chi connectivity index (χ0) is 23.7. The minimum Gasteiger partial charge on any atom is -0.299 e. The van der Waals surface area contributed by atoms with Gasteiger partial charge >= 0.3 is 0 Å². The molecular weight excluding hydrogens is 443 g/mol. The van der Waals surface area contributed by atoms with E-state index in [2.05, 4.69) is 49.0 Å². The maximum absolute atomic E-state index is 13.0. The van der Waals surface area contributed by atoms with Crippen LogP contribution in [0.5, 0.6) is 0 Å². The highest BCUT2D eigenvalue weighted by Crippen LogP contribution is 2.38. The Kier molecular flexibility index (Phi) is 10.8. The number of hydrazine groups is 1. The molecule has 3 atom stereocenters. The van der Waals surface area contributed by atoms with Crippen molar-refractivity contribution in [3.05, 3.63) is 63.6 Å². The van der Waals surface area contributed by atoms with Crippen molar-refractivity contribution in [1.82, 2.24) is 10.9 Å². The Labute approximate surface area is 203 Å². The van der Waals surface area contributed by atoms with Gasteiger partial charge in [0, 0.05) is 5.02 Å². The van der Waals surface area contributed by atoms with Crippen molar-refractivity contribution in [3.63, 3.8) is 0 Å². The summed E-state index contributed by atoms with van der Waals surface area (Å²) in [6.07, 6.45) is 4.09. The van der Waals surface area contributed by atoms with E-state index in [-0.39, 0.29) is 18.0 Å². The van der Waals surface area contributed by atoms with Crippen molar-refractivity contribution >= 4 is 34.8 Å². The lowest BCUT2D eigenvalue weighted by molar-refractivity contribution is -0.917. The van der Waals surface area contributed by atoms with Crippen LogP contribution in [0.2, 0.25) is 10.0 Å². The van der Waals surface area contributed by atoms with Gasteiger partial charge in [-0.05, 0) is 49.9 Å². The van der Waals surface area contributed by atoms with Crippen LogP contribution >= 0.6 is 23.2 Å². The number of unbranched alkanes of at least 4 members (excludes halogenated alkanes) is 2. The molecule has 0 bridgehead atoms. The van der Waals surface area contributed by atoms with Gasteiger partial charge in [-0.1, -0.05) is 80.2 Å². The number of rotatable bonds is 8. The number of nitrogens with zero attached hydrogens (tertiary/aromatic N) is 1. The molecule has 1 aliphatic heterocycles. The molecule has 2 aromatic rings. The normalized spacial score (nSPS) is 18.7. The number of carbonyl (C=O) groups excluding carboxylic acids is 1. The molecule has 1 saturated heterocycles. The van der Waals surface area contributed by atoms with Crippen LogP contribution in [0.4, 0.5) is 5.69 Å². The van der Waals surface area contributed by atoms with Gasteiger partial charge in [-0.3, -0.25) is 9.80 Å². The van der Waals surface area contributed by atoms with Crippen molar-refractivity contribution in [2.24, 2.45) is 0 Å². The molecule has 0 spiro atoms. The summed E-state index contributed by atoms with van der Waals surface area (Å²) in [6, 6.07) is 13.5. The third-order valence-corrected chi connectivity index (χ3v) is 6.04. The predicted octanol–water partition coefficient (Wildman–Crippen LogP) is 4.89. The van der Waals surface area contributed by atoms with Crippen molar-refractivity contribution in [3.8, 4) is 0 Å². The number of carbonyl (C=O) groups is 1. The lowest BCUT2D eigenvalue weighted by Gasteiger charge is -2.28. The molecule has 0 saturated carbocycles. The number of hydrogen-bond acceptors (Lipinski definition) is 3. The maximum atomic E-state index is 13.0. The molecule has 0 aliphatic carbocycles. The lowest BCUT2D eigenvalue weighted by Crippen LogP contribution is -3.16. The first kappa shape index (κ1) is 26.5. The van der Waals surface area contributed by atoms with Crippen molar-refractivity contribution in [2.75, 3.05) is 18.6 Å². The summed E-state index contributed by atoms with van der Waals surface area (Å²) in [7, 11) is 1.99. The zero-order valence-electron chi connectivity index (χ0n) is 19.8. The second kappa shape index (κ2) is 13.0. The Morgan fingerprint density at radius 3 is 2.47 bits per heavy atom. The first-order valence-electron chi connectivity index (χ1n) is 11.6. The lowest BCUT2D eigenvalue weighted by atomic mass is 9.99. The molecule has 0 radical (unpaired) electrons. The second-order valence-corrected chi connectivity index (χ2v) is 8.88. The topological polar surface area (TPSA) is 48.8 Å². The second-order valence-electron chi connectivity index (χ2n) is 8.04. The van der Waals surface area contributed by atoms with E-state index in [1.807, 2.05) is 38.0 Å². The first-order chi connectivity index (χ1) is 15.4. The Morgan fingerprint density at radius 1 is 1.16 bits per heavy atom. The monoisotopic (exact) mass is 479 g/mol. The molecule has 0 aromatic heterocycles. The van der Waals surface area contributed by atoms with E-state index < -0.39 is 0 Å². The van der Waals surface area contributed by atoms with Crippen LogP contribution in [-0.2, 0) is 4.79 Å². The Morgan fingerprint density at radius 2 is 1.84 bits per heavy atom. The van der Waals surface area contributed by atoms with Crippen LogP contribution in [0, 0.1) is 6.92 Å². The maximum Gasteiger partial charge on any atom is 0.283 e. The van der Waals surface area contributed by atoms with Gasteiger partial charge < -0.3 is 0 Å². The smallest absolute Gasteiger partial charge is 0.283 e. The number of benzene rings is 2. The largest absolute Gasteiger partial charge is 0.299 e. The van der Waals surface area contributed by atoms with E-state index >= 15 is 0 Å². The van der Waals surface area contributed by atoms with E-state index in [4.69, 9.17) is 23.2 Å². The highest BCUT2D eigenvalue weighted by atomic mass is 35.5. The van der Waals surface area contributed by atoms with Gasteiger partial charge in [0.1, 0.15) is 6.04 Å². The fraction of sp³-hybridized carbons (Fsp3) is 0.480. The average Bonchev–Trinajstić information content (AvgIpc) is 3.21. The molecule has 2 aromatic carbocycles. The van der Waals surface area contributed by atoms with Gasteiger partial charge in [-0.25, -0.2) is 15.9 Å². The molecule has 3 rings (SSSR count). The molecule has 176 valence electrons. The highest BCUT2D eigenvalue weighted by molar-refractivity contribution is 6.36. The van der Waals surface area contributed by atoms with E-state index in [0.717, 1.165) is 29.2 Å². The number of aryl methyl sites for hydroxylation is 1. The van der Waals surface area contributed by atoms with Crippen molar-refractivity contribution in [2.45, 2.75) is 65.5 Å². The number of nitrogens with one attached hydrogen (secondary N) is 3. The number of halogens is 2. The standard InChI is InChI=1S/C23H30Cl2N4O.C2H6/c1-4-5-6-13-28(3)27-23(30)20-15-22(17-9-7-16(2)8-10-17)29(26-20)21-12-11-18(24)14-19(21)25;1-2/h7-12,14,20,22,26H,4-6,13,15H2,1-3H3,(H,27,30);1-2H3/p+1. The molecule has 3 N–H and O–H groups in total. The van der Waals surface area contributed by atoms with E-state index in [0.29, 0.717) is 16.5 Å². The zero-order valence-corrected chi connectivity index (χ0v) is 21.4. The number of quaternary nitrogens is 1. The molecule has 1 heterocycles. The Bertz CT molecular complexity index is 860. The first-order valence-corrected chi connectivity index (χ1v) is 12.3. The Balaban J connectivity index is 0.00000176. The molecule has 5 nitrogen and oxygen atoms in total. The number of anilines is 1. The quantitative estimate of drug-likeness (QED) is 0.373. The molecule has 32 heavy (non-hydrogen) atoms. The van der Waals surface area contributed by atoms with Crippen LogP contribution in [-0.4, -0.2) is 25.5 Å². The predicted molar refractivity (Wildman–Crippen MR) is 135 cm³/mol. The van der Waals surface area contributed by atoms with Crippen LogP contribution in [0.15, 0.2) is 42.5 Å². The minimum absolute atomic E-state index is 0.00584. The van der Waals surface area contributed by atoms with Gasteiger partial charge in [-0.15, -0.1) is 0 Å². The van der Waals surface area contributed by atoms with Gasteiger partial charge in [0.25, 0.3) is 5.91 Å². The summed E-state index contributed by atoms with van der Waals surface area (Å²) < 4.78 is 0. The van der Waals surface area contributed by atoms with Gasteiger partial charge in [-0.2, -0.15) is 0 Å². The molecule has 3 unspecified atom stereocenters. The summed E-state index contributed by atoms with van der Waals surface area (Å²) in [5.41, 5.74) is 9.62. The van der Waals surface area contributed by atoms with E-state index in [1.165, 1.54) is 18.4 Å². The van der Waals surface area contributed by atoms with Gasteiger partial charge in [0.2, 0.25) is 0 Å². The molecule has 1 aliphatic rings. The van der Waals surface area contributed by atoms with Crippen molar-refractivity contribution in [1.29, 1.82) is 0 Å². The van der Waals surface area contributed by atoms with Gasteiger partial charge in [0.05, 0.1) is 30.3 Å². The van der Waals surface area contributed by atoms with E-state index in [1.54, 1.807) is 6.07 Å². The summed E-state index contributed by atoms with van der Waals surface area (Å²) in [5.74, 6) is -0.00584. The Hall–Kier alpha value is -1.79. The van der Waals surface area contributed by atoms with Crippen LogP contribution in [0.3, 0.4) is 0 Å². The molecule has 7 heteroatoms. The van der Waals surface area contributed by atoms with Crippen LogP contribution in [0.1, 0.15) is 63.6 Å². The number of hydrogen-bond donors (Lipinski definition) is 3. The van der Waals surface area contributed by atoms with Crippen molar-refractivity contribution < 1.29 is 9.80 Å². The average molecular weight is 481 g/mol. The summed E-state index contributed by atoms with van der Waals surface area (Å²) in [4.78, 5) is 13.0. The summed E-state index contributed by atoms with van der Waals surface area (Å²) in [5, 5.41) is 4.15. The summed E-state index contributed by atoms with van der Waals surface area (Å²) in [6.45, 7) is 9.16. The molecular formula is C25H37Cl2N4O+. The van der Waals surface area contributed by atoms with Gasteiger partial charge in [0.15, 0.2) is 0 Å². The number of amides is 1. The molecule has 1 fully saturated rings. The minimum atomic E-state index is -0.343. The SMILES string of the molecule is CC.CCCCC[NH+](C)NC(=O)C1CC(c2ccc(C)cc2)N(c2ccc(Cl)cc2Cl)N1. The van der Waals surface area contributed by atoms with E-state index in [9.17, 15) is 4.79 Å². The fourth-order valence-corrected chi connectivity index (χ4v) is 4.29.